The molecule has 1 N–H and O–H groups in total. The minimum absolute atomic E-state index is 0.176. The normalized spacial score (nSPS) is 11.4. The molecule has 29 heavy (non-hydrogen) atoms. The molecule has 0 spiro atoms. The van der Waals surface area contributed by atoms with Gasteiger partial charge in [-0.1, -0.05) is 42.6 Å². The lowest BCUT2D eigenvalue weighted by Crippen LogP contribution is -2.32. The van der Waals surface area contributed by atoms with Crippen molar-refractivity contribution in [3.63, 3.8) is 0 Å². The first-order valence-electron chi connectivity index (χ1n) is 9.47. The number of rotatable bonds is 11. The largest absolute Gasteiger partial charge is 0.493 e. The van der Waals surface area contributed by atoms with Crippen LogP contribution in [0, 0.1) is 12.3 Å². The van der Waals surface area contributed by atoms with Crippen LogP contribution in [0.15, 0.2) is 42.5 Å². The fraction of sp³-hybridized carbons (Fsp3) is 0.348. The van der Waals surface area contributed by atoms with Crippen molar-refractivity contribution >= 4 is 17.5 Å². The SMILES string of the molecule is C#CCOc1ccc(CCNC(=O)[C@@H](OCCC)c2ccc(Cl)cc2)cc1OC. The van der Waals surface area contributed by atoms with Gasteiger partial charge in [0.25, 0.3) is 5.91 Å². The molecule has 0 radical (unpaired) electrons. The number of benzene rings is 2. The average Bonchev–Trinajstić information content (AvgIpc) is 2.74. The molecule has 0 fully saturated rings. The maximum atomic E-state index is 12.7. The summed E-state index contributed by atoms with van der Waals surface area (Å²) in [4.78, 5) is 12.7. The first-order valence-corrected chi connectivity index (χ1v) is 9.84. The Hall–Kier alpha value is -2.68. The highest BCUT2D eigenvalue weighted by Crippen LogP contribution is 2.28. The molecule has 0 aliphatic rings. The van der Waals surface area contributed by atoms with Gasteiger partial charge in [-0.15, -0.1) is 6.42 Å². The number of nitrogens with one attached hydrogen (secondary N) is 1. The van der Waals surface area contributed by atoms with Gasteiger partial charge in [0.2, 0.25) is 0 Å². The van der Waals surface area contributed by atoms with Gasteiger partial charge in [0.05, 0.1) is 7.11 Å². The maximum absolute atomic E-state index is 12.7. The number of halogens is 1. The Morgan fingerprint density at radius 2 is 1.97 bits per heavy atom. The Kier molecular flexibility index (Phi) is 9.36. The molecular weight excluding hydrogens is 390 g/mol. The molecule has 0 unspecified atom stereocenters. The van der Waals surface area contributed by atoms with Crippen LogP contribution >= 0.6 is 11.6 Å². The molecule has 1 atom stereocenters. The lowest BCUT2D eigenvalue weighted by molar-refractivity contribution is -0.133. The molecule has 0 aromatic heterocycles. The van der Waals surface area contributed by atoms with Crippen molar-refractivity contribution in [3.05, 3.63) is 58.6 Å². The Labute approximate surface area is 177 Å². The van der Waals surface area contributed by atoms with Crippen LogP contribution in [0.25, 0.3) is 0 Å². The third-order valence-electron chi connectivity index (χ3n) is 4.15. The van der Waals surface area contributed by atoms with E-state index in [0.717, 1.165) is 17.5 Å². The van der Waals surface area contributed by atoms with E-state index in [9.17, 15) is 4.79 Å². The third kappa shape index (κ3) is 7.01. The molecule has 0 aliphatic carbocycles. The summed E-state index contributed by atoms with van der Waals surface area (Å²) in [5.74, 6) is 3.44. The van der Waals surface area contributed by atoms with E-state index in [2.05, 4.69) is 11.2 Å². The zero-order valence-corrected chi connectivity index (χ0v) is 17.5. The summed E-state index contributed by atoms with van der Waals surface area (Å²) >= 11 is 5.95. The maximum Gasteiger partial charge on any atom is 0.253 e. The third-order valence-corrected chi connectivity index (χ3v) is 4.40. The van der Waals surface area contributed by atoms with E-state index in [1.54, 1.807) is 19.2 Å². The molecule has 0 heterocycles. The van der Waals surface area contributed by atoms with E-state index >= 15 is 0 Å². The van der Waals surface area contributed by atoms with Crippen LogP contribution in [-0.2, 0) is 16.0 Å². The van der Waals surface area contributed by atoms with Crippen molar-refractivity contribution in [1.29, 1.82) is 0 Å². The summed E-state index contributed by atoms with van der Waals surface area (Å²) in [5, 5.41) is 3.56. The lowest BCUT2D eigenvalue weighted by atomic mass is 10.1. The van der Waals surface area contributed by atoms with Crippen molar-refractivity contribution in [1.82, 2.24) is 5.32 Å². The molecule has 5 nitrogen and oxygen atoms in total. The molecule has 2 aromatic rings. The Morgan fingerprint density at radius 3 is 2.62 bits per heavy atom. The van der Waals surface area contributed by atoms with Gasteiger partial charge < -0.3 is 19.5 Å². The van der Waals surface area contributed by atoms with Gasteiger partial charge in [-0.05, 0) is 48.2 Å². The van der Waals surface area contributed by atoms with Crippen molar-refractivity contribution < 1.29 is 19.0 Å². The van der Waals surface area contributed by atoms with Gasteiger partial charge in [0, 0.05) is 18.2 Å². The number of hydrogen-bond donors (Lipinski definition) is 1. The molecule has 1 amide bonds. The Bertz CT molecular complexity index is 830. The summed E-state index contributed by atoms with van der Waals surface area (Å²) in [7, 11) is 1.57. The van der Waals surface area contributed by atoms with E-state index in [0.29, 0.717) is 36.1 Å². The van der Waals surface area contributed by atoms with Crippen molar-refractivity contribution in [2.45, 2.75) is 25.9 Å². The highest BCUT2D eigenvalue weighted by Gasteiger charge is 2.20. The van der Waals surface area contributed by atoms with Crippen LogP contribution in [0.4, 0.5) is 0 Å². The Morgan fingerprint density at radius 1 is 1.21 bits per heavy atom. The first-order chi connectivity index (χ1) is 14.1. The molecule has 0 bridgehead atoms. The zero-order valence-electron chi connectivity index (χ0n) is 16.7. The highest BCUT2D eigenvalue weighted by molar-refractivity contribution is 6.30. The van der Waals surface area contributed by atoms with E-state index in [1.807, 2.05) is 37.3 Å². The van der Waals surface area contributed by atoms with Gasteiger partial charge in [0.1, 0.15) is 6.61 Å². The minimum atomic E-state index is -0.665. The lowest BCUT2D eigenvalue weighted by Gasteiger charge is -2.18. The number of amides is 1. The average molecular weight is 416 g/mol. The molecule has 2 rings (SSSR count). The van der Waals surface area contributed by atoms with Crippen LogP contribution in [-0.4, -0.2) is 32.8 Å². The minimum Gasteiger partial charge on any atom is -0.493 e. The van der Waals surface area contributed by atoms with Crippen molar-refractivity contribution in [2.75, 3.05) is 26.9 Å². The van der Waals surface area contributed by atoms with Gasteiger partial charge in [-0.25, -0.2) is 0 Å². The van der Waals surface area contributed by atoms with Crippen molar-refractivity contribution in [3.8, 4) is 23.8 Å². The van der Waals surface area contributed by atoms with Crippen LogP contribution in [0.1, 0.15) is 30.6 Å². The van der Waals surface area contributed by atoms with E-state index in [4.69, 9.17) is 32.2 Å². The first kappa shape index (κ1) is 22.6. The number of ether oxygens (including phenoxy) is 3. The second kappa shape index (κ2) is 12.0. The zero-order chi connectivity index (χ0) is 21.1. The van der Waals surface area contributed by atoms with E-state index in [1.165, 1.54) is 0 Å². The monoisotopic (exact) mass is 415 g/mol. The molecule has 0 saturated carbocycles. The summed E-state index contributed by atoms with van der Waals surface area (Å²) in [6, 6.07) is 12.7. The smallest absolute Gasteiger partial charge is 0.253 e. The van der Waals surface area contributed by atoms with Gasteiger partial charge in [0.15, 0.2) is 17.6 Å². The topological polar surface area (TPSA) is 56.8 Å². The summed E-state index contributed by atoms with van der Waals surface area (Å²) in [6.45, 7) is 3.14. The van der Waals surface area contributed by atoms with Crippen molar-refractivity contribution in [2.24, 2.45) is 0 Å². The second-order valence-electron chi connectivity index (χ2n) is 6.32. The number of methoxy groups -OCH3 is 1. The van der Waals surface area contributed by atoms with E-state index in [-0.39, 0.29) is 12.5 Å². The van der Waals surface area contributed by atoms with Gasteiger partial charge >= 0.3 is 0 Å². The van der Waals surface area contributed by atoms with Crippen LogP contribution in [0.2, 0.25) is 5.02 Å². The summed E-state index contributed by atoms with van der Waals surface area (Å²) in [6.07, 6.45) is 6.02. The summed E-state index contributed by atoms with van der Waals surface area (Å²) < 4.78 is 16.6. The van der Waals surface area contributed by atoms with Crippen LogP contribution in [0.5, 0.6) is 11.5 Å². The number of hydrogen-bond acceptors (Lipinski definition) is 4. The van der Waals surface area contributed by atoms with Crippen LogP contribution in [0.3, 0.4) is 0 Å². The molecule has 154 valence electrons. The van der Waals surface area contributed by atoms with Gasteiger partial charge in [-0.2, -0.15) is 0 Å². The predicted molar refractivity (Wildman–Crippen MR) is 114 cm³/mol. The quantitative estimate of drug-likeness (QED) is 0.559. The molecule has 6 heteroatoms. The number of terminal acetylenes is 1. The molecule has 2 aromatic carbocycles. The number of carbonyl (C=O) groups excluding carboxylic acids is 1. The number of carbonyl (C=O) groups is 1. The highest BCUT2D eigenvalue weighted by atomic mass is 35.5. The van der Waals surface area contributed by atoms with Crippen LogP contribution < -0.4 is 14.8 Å². The molecule has 0 aliphatic heterocycles. The fourth-order valence-electron chi connectivity index (χ4n) is 2.73. The standard InChI is InChI=1S/C23H26ClNO4/c1-4-14-28-20-11-6-17(16-21(20)27-3)12-13-25-23(26)22(29-15-5-2)18-7-9-19(24)10-8-18/h1,6-11,16,22H,5,12-15H2,2-3H3,(H,25,26)/t22-/m0/s1. The molecule has 0 saturated heterocycles. The fourth-order valence-corrected chi connectivity index (χ4v) is 2.85. The second-order valence-corrected chi connectivity index (χ2v) is 6.76. The van der Waals surface area contributed by atoms with E-state index < -0.39 is 6.10 Å². The Balaban J connectivity index is 1.97. The summed E-state index contributed by atoms with van der Waals surface area (Å²) in [5.41, 5.74) is 1.78. The molecular formula is C23H26ClNO4. The van der Waals surface area contributed by atoms with Gasteiger partial charge in [-0.3, -0.25) is 4.79 Å². The predicted octanol–water partition coefficient (Wildman–Crippen LogP) is 4.19.